The molecule has 4 aromatic rings. The number of piperidine rings is 1. The number of halogens is 1. The van der Waals surface area contributed by atoms with Gasteiger partial charge < -0.3 is 29.7 Å². The molecule has 3 heterocycles. The van der Waals surface area contributed by atoms with E-state index in [1.807, 2.05) is 24.3 Å². The van der Waals surface area contributed by atoms with Crippen molar-refractivity contribution in [2.24, 2.45) is 0 Å². The quantitative estimate of drug-likeness (QED) is 0.371. The Morgan fingerprint density at radius 2 is 1.88 bits per heavy atom. The van der Waals surface area contributed by atoms with Gasteiger partial charge >= 0.3 is 0 Å². The molecule has 2 aliphatic rings. The van der Waals surface area contributed by atoms with E-state index in [0.717, 1.165) is 0 Å². The van der Waals surface area contributed by atoms with E-state index in [1.165, 1.54) is 30.1 Å². The Morgan fingerprint density at radius 3 is 2.65 bits per heavy atom. The van der Waals surface area contributed by atoms with E-state index in [4.69, 9.17) is 14.2 Å². The molecule has 2 aliphatic heterocycles. The molecule has 1 saturated heterocycles. The molecular formula is C30H29FN6O6. The third-order valence-corrected chi connectivity index (χ3v) is 7.32. The van der Waals surface area contributed by atoms with Gasteiger partial charge in [-0.1, -0.05) is 12.1 Å². The second-order valence-corrected chi connectivity index (χ2v) is 10.3. The Bertz CT molecular complexity index is 1660. The number of amides is 3. The maximum atomic E-state index is 14.5. The monoisotopic (exact) mass is 588 g/mol. The van der Waals surface area contributed by atoms with Crippen molar-refractivity contribution in [3.8, 4) is 17.2 Å². The molecule has 0 spiro atoms. The first-order chi connectivity index (χ1) is 20.8. The summed E-state index contributed by atoms with van der Waals surface area (Å²) in [5.74, 6) is -0.845. The lowest BCUT2D eigenvalue weighted by molar-refractivity contribution is -0.134. The Labute approximate surface area is 245 Å². The number of carbonyl (C=O) groups is 3. The zero-order valence-electron chi connectivity index (χ0n) is 23.3. The fraction of sp³-hybridized carbons (Fsp3) is 0.300. The highest BCUT2D eigenvalue weighted by Crippen LogP contribution is 2.29. The van der Waals surface area contributed by atoms with Gasteiger partial charge in [0.15, 0.2) is 18.1 Å². The first-order valence-corrected chi connectivity index (χ1v) is 13.8. The number of hydrogen-bond acceptors (Lipinski definition) is 8. The number of benzene rings is 3. The predicted octanol–water partition coefficient (Wildman–Crippen LogP) is 2.07. The van der Waals surface area contributed by atoms with Crippen LogP contribution in [0.5, 0.6) is 17.2 Å². The standard InChI is InChI=1S/C30H29FN6O6/c1-41-26-7-6-19-12-27(26)42-17-28(38)32-14-18-10-20(31)13-21(11-18)43-25-8-9-36(15-24(25)33-30(19)40)29(39)16-37-34-22-4-2-3-5-23(22)35-37/h2-7,10-13,24-25H,8-9,14-17H2,1H3,(H,32,38)(H,33,40)/t24-,25+/m0/s1. The van der Waals surface area contributed by atoms with Crippen LogP contribution in [-0.4, -0.2) is 76.6 Å². The summed E-state index contributed by atoms with van der Waals surface area (Å²) >= 11 is 0. The molecule has 1 aromatic heterocycles. The molecule has 2 N–H and O–H groups in total. The van der Waals surface area contributed by atoms with Crippen LogP contribution in [0.15, 0.2) is 60.7 Å². The first-order valence-electron chi connectivity index (χ1n) is 13.8. The lowest BCUT2D eigenvalue weighted by Crippen LogP contribution is -2.58. The molecule has 3 amide bonds. The van der Waals surface area contributed by atoms with Crippen LogP contribution in [0.2, 0.25) is 0 Å². The molecule has 222 valence electrons. The van der Waals surface area contributed by atoms with E-state index in [9.17, 15) is 18.8 Å². The van der Waals surface area contributed by atoms with E-state index in [-0.39, 0.29) is 49.2 Å². The van der Waals surface area contributed by atoms with Gasteiger partial charge in [0, 0.05) is 37.7 Å². The molecule has 2 atom stereocenters. The molecule has 0 saturated carbocycles. The Kier molecular flexibility index (Phi) is 7.77. The zero-order chi connectivity index (χ0) is 29.9. The number of fused-ring (bicyclic) bond motifs is 6. The van der Waals surface area contributed by atoms with Gasteiger partial charge in [0.1, 0.15) is 35.2 Å². The van der Waals surface area contributed by atoms with Gasteiger partial charge in [-0.25, -0.2) is 4.39 Å². The summed E-state index contributed by atoms with van der Waals surface area (Å²) in [6, 6.07) is 15.5. The lowest BCUT2D eigenvalue weighted by Gasteiger charge is -2.39. The minimum absolute atomic E-state index is 0.0527. The van der Waals surface area contributed by atoms with Crippen molar-refractivity contribution in [3.05, 3.63) is 77.6 Å². The fourth-order valence-corrected chi connectivity index (χ4v) is 5.18. The summed E-state index contributed by atoms with van der Waals surface area (Å²) < 4.78 is 31.7. The van der Waals surface area contributed by atoms with Gasteiger partial charge in [-0.2, -0.15) is 15.0 Å². The van der Waals surface area contributed by atoms with Crippen LogP contribution in [0.25, 0.3) is 11.0 Å². The minimum Gasteiger partial charge on any atom is -0.493 e. The third kappa shape index (κ3) is 6.35. The molecule has 0 unspecified atom stereocenters. The van der Waals surface area contributed by atoms with E-state index in [1.54, 1.807) is 23.1 Å². The van der Waals surface area contributed by atoms with Crippen molar-refractivity contribution in [1.29, 1.82) is 0 Å². The van der Waals surface area contributed by atoms with Crippen molar-refractivity contribution < 1.29 is 33.0 Å². The SMILES string of the molecule is COc1ccc2cc1OCC(=O)NCc1cc(F)cc(c1)O[C@@H]1CCN(C(=O)Cn3nc4ccccc4n3)C[C@@H]1NC2=O. The van der Waals surface area contributed by atoms with Crippen molar-refractivity contribution in [2.75, 3.05) is 26.8 Å². The number of rotatable bonds is 3. The Morgan fingerprint density at radius 1 is 1.09 bits per heavy atom. The number of nitrogens with zero attached hydrogens (tertiary/aromatic N) is 4. The summed E-state index contributed by atoms with van der Waals surface area (Å²) in [5.41, 5.74) is 2.11. The van der Waals surface area contributed by atoms with Gasteiger partial charge in [0.05, 0.1) is 13.2 Å². The summed E-state index contributed by atoms with van der Waals surface area (Å²) in [7, 11) is 1.45. The first kappa shape index (κ1) is 27.9. The van der Waals surface area contributed by atoms with Crippen LogP contribution < -0.4 is 24.8 Å². The highest BCUT2D eigenvalue weighted by atomic mass is 19.1. The normalized spacial score (nSPS) is 19.0. The molecule has 0 radical (unpaired) electrons. The number of nitrogens with one attached hydrogen (secondary N) is 2. The fourth-order valence-electron chi connectivity index (χ4n) is 5.18. The second-order valence-electron chi connectivity index (χ2n) is 10.3. The van der Waals surface area contributed by atoms with Crippen molar-refractivity contribution >= 4 is 28.8 Å². The van der Waals surface area contributed by atoms with Gasteiger partial charge in [-0.3, -0.25) is 14.4 Å². The van der Waals surface area contributed by atoms with Crippen molar-refractivity contribution in [1.82, 2.24) is 30.5 Å². The number of carbonyl (C=O) groups excluding carboxylic acids is 3. The molecule has 0 aliphatic carbocycles. The van der Waals surface area contributed by atoms with Crippen LogP contribution in [0.3, 0.4) is 0 Å². The molecule has 43 heavy (non-hydrogen) atoms. The Balaban J connectivity index is 1.27. The van der Waals surface area contributed by atoms with Crippen molar-refractivity contribution in [3.63, 3.8) is 0 Å². The second kappa shape index (κ2) is 12.0. The molecule has 12 nitrogen and oxygen atoms in total. The largest absolute Gasteiger partial charge is 0.493 e. The summed E-state index contributed by atoms with van der Waals surface area (Å²) in [6.45, 7) is 0.127. The molecule has 6 rings (SSSR count). The highest BCUT2D eigenvalue weighted by molar-refractivity contribution is 5.95. The summed E-state index contributed by atoms with van der Waals surface area (Å²) in [6.07, 6.45) is -0.213. The maximum Gasteiger partial charge on any atom is 0.258 e. The number of methoxy groups -OCH3 is 1. The highest BCUT2D eigenvalue weighted by Gasteiger charge is 2.35. The number of aromatic nitrogens is 3. The van der Waals surface area contributed by atoms with E-state index in [0.29, 0.717) is 35.3 Å². The molecule has 4 bridgehead atoms. The smallest absolute Gasteiger partial charge is 0.258 e. The van der Waals surface area contributed by atoms with Gasteiger partial charge in [-0.05, 0) is 48.0 Å². The third-order valence-electron chi connectivity index (χ3n) is 7.32. The van der Waals surface area contributed by atoms with Crippen LogP contribution in [0, 0.1) is 5.82 Å². The minimum atomic E-state index is -0.638. The number of hydrogen-bond donors (Lipinski definition) is 2. The van der Waals surface area contributed by atoms with E-state index in [2.05, 4.69) is 20.8 Å². The van der Waals surface area contributed by atoms with Crippen LogP contribution in [0.1, 0.15) is 22.3 Å². The lowest BCUT2D eigenvalue weighted by atomic mass is 10.0. The number of ether oxygens (including phenoxy) is 3. The van der Waals surface area contributed by atoms with E-state index < -0.39 is 29.8 Å². The summed E-state index contributed by atoms with van der Waals surface area (Å²) in [4.78, 5) is 42.2. The van der Waals surface area contributed by atoms with Gasteiger partial charge in [0.2, 0.25) is 5.91 Å². The zero-order valence-corrected chi connectivity index (χ0v) is 23.3. The van der Waals surface area contributed by atoms with Crippen LogP contribution in [-0.2, 0) is 22.7 Å². The van der Waals surface area contributed by atoms with Gasteiger partial charge in [-0.15, -0.1) is 0 Å². The van der Waals surface area contributed by atoms with E-state index >= 15 is 0 Å². The van der Waals surface area contributed by atoms with Crippen LogP contribution >= 0.6 is 0 Å². The van der Waals surface area contributed by atoms with Crippen molar-refractivity contribution in [2.45, 2.75) is 31.7 Å². The Hall–Kier alpha value is -5.20. The maximum absolute atomic E-state index is 14.5. The van der Waals surface area contributed by atoms with Crippen LogP contribution in [0.4, 0.5) is 4.39 Å². The molecule has 1 fully saturated rings. The average Bonchev–Trinajstić information content (AvgIpc) is 3.41. The predicted molar refractivity (Wildman–Crippen MR) is 151 cm³/mol. The molecular weight excluding hydrogens is 559 g/mol. The molecule has 3 aromatic carbocycles. The number of likely N-dealkylation sites (tertiary alicyclic amines) is 1. The average molecular weight is 589 g/mol. The molecule has 13 heteroatoms. The van der Waals surface area contributed by atoms with Gasteiger partial charge in [0.25, 0.3) is 11.8 Å². The summed E-state index contributed by atoms with van der Waals surface area (Å²) in [5, 5.41) is 14.4. The topological polar surface area (TPSA) is 137 Å².